The van der Waals surface area contributed by atoms with Gasteiger partial charge in [-0.3, -0.25) is 9.89 Å². The lowest BCUT2D eigenvalue weighted by molar-refractivity contribution is 0.0937. The van der Waals surface area contributed by atoms with Crippen molar-refractivity contribution in [2.45, 2.75) is 0 Å². The van der Waals surface area contributed by atoms with Crippen molar-refractivity contribution in [3.63, 3.8) is 0 Å². The summed E-state index contributed by atoms with van der Waals surface area (Å²) in [5.41, 5.74) is 6.08. The highest BCUT2D eigenvalue weighted by Gasteiger charge is 2.06. The fourth-order valence-corrected chi connectivity index (χ4v) is 1.50. The molecule has 18 heavy (non-hydrogen) atoms. The van der Waals surface area contributed by atoms with E-state index in [4.69, 9.17) is 5.73 Å². The predicted octanol–water partition coefficient (Wildman–Crippen LogP) is 0.388. The van der Waals surface area contributed by atoms with E-state index in [9.17, 15) is 9.59 Å². The minimum absolute atomic E-state index is 0.0490. The van der Waals surface area contributed by atoms with Crippen LogP contribution in [0.5, 0.6) is 0 Å². The largest absolute Gasteiger partial charge is 0.448 e. The van der Waals surface area contributed by atoms with Crippen LogP contribution < -0.4 is 11.1 Å². The molecule has 2 amide bonds. The van der Waals surface area contributed by atoms with E-state index in [1.165, 1.54) is 0 Å². The molecule has 0 fully saturated rings. The first kappa shape index (κ1) is 11.9. The molecule has 2 rings (SSSR count). The molecule has 0 radical (unpaired) electrons. The molecule has 0 spiro atoms. The van der Waals surface area contributed by atoms with E-state index < -0.39 is 6.09 Å². The monoisotopic (exact) mass is 248 g/mol. The molecule has 0 saturated carbocycles. The van der Waals surface area contributed by atoms with Crippen LogP contribution in [0, 0.1) is 0 Å². The zero-order chi connectivity index (χ0) is 13.0. The van der Waals surface area contributed by atoms with Gasteiger partial charge in [-0.15, -0.1) is 0 Å². The van der Waals surface area contributed by atoms with Crippen molar-refractivity contribution in [1.82, 2.24) is 15.5 Å². The number of benzene rings is 1. The maximum Gasteiger partial charge on any atom is 0.404 e. The van der Waals surface area contributed by atoms with E-state index in [2.05, 4.69) is 20.3 Å². The van der Waals surface area contributed by atoms with Gasteiger partial charge in [0.1, 0.15) is 6.61 Å². The van der Waals surface area contributed by atoms with E-state index >= 15 is 0 Å². The number of carbonyl (C=O) groups is 2. The van der Waals surface area contributed by atoms with Crippen LogP contribution in [0.3, 0.4) is 0 Å². The van der Waals surface area contributed by atoms with Crippen LogP contribution in [0.4, 0.5) is 4.79 Å². The number of primary amides is 1. The van der Waals surface area contributed by atoms with Crippen molar-refractivity contribution < 1.29 is 14.3 Å². The molecular formula is C11H12N4O3. The number of carbonyl (C=O) groups excluding carboxylic acids is 2. The van der Waals surface area contributed by atoms with Crippen LogP contribution in [-0.2, 0) is 4.74 Å². The van der Waals surface area contributed by atoms with E-state index in [0.29, 0.717) is 5.56 Å². The van der Waals surface area contributed by atoms with Crippen molar-refractivity contribution in [2.24, 2.45) is 5.73 Å². The standard InChI is InChI=1S/C11H12N4O3/c12-11(17)18-4-3-13-10(16)7-1-2-8-6-14-15-9(8)5-7/h1-2,5-6H,3-4H2,(H2,12,17)(H,13,16)(H,14,15). The molecule has 0 unspecified atom stereocenters. The van der Waals surface area contributed by atoms with Crippen LogP contribution in [0.15, 0.2) is 24.4 Å². The van der Waals surface area contributed by atoms with E-state index in [1.54, 1.807) is 24.4 Å². The van der Waals surface area contributed by atoms with E-state index in [-0.39, 0.29) is 19.1 Å². The van der Waals surface area contributed by atoms with Crippen LogP contribution in [0.1, 0.15) is 10.4 Å². The van der Waals surface area contributed by atoms with Crippen LogP contribution in [-0.4, -0.2) is 35.3 Å². The molecule has 1 aromatic carbocycles. The van der Waals surface area contributed by atoms with Crippen molar-refractivity contribution >= 4 is 22.9 Å². The number of hydrogen-bond acceptors (Lipinski definition) is 4. The zero-order valence-electron chi connectivity index (χ0n) is 9.47. The summed E-state index contributed by atoms with van der Waals surface area (Å²) in [6.45, 7) is 0.260. The summed E-state index contributed by atoms with van der Waals surface area (Å²) in [6, 6.07) is 5.20. The molecule has 0 bridgehead atoms. The summed E-state index contributed by atoms with van der Waals surface area (Å²) in [5, 5.41) is 10.2. The van der Waals surface area contributed by atoms with Crippen molar-refractivity contribution in [3.8, 4) is 0 Å². The molecule has 94 valence electrons. The average Bonchev–Trinajstić information content (AvgIpc) is 2.81. The van der Waals surface area contributed by atoms with Gasteiger partial charge in [0.25, 0.3) is 5.91 Å². The fourth-order valence-electron chi connectivity index (χ4n) is 1.50. The van der Waals surface area contributed by atoms with Gasteiger partial charge in [0.2, 0.25) is 0 Å². The van der Waals surface area contributed by atoms with Gasteiger partial charge in [-0.1, -0.05) is 6.07 Å². The topological polar surface area (TPSA) is 110 Å². The third kappa shape index (κ3) is 2.76. The zero-order valence-corrected chi connectivity index (χ0v) is 9.47. The van der Waals surface area contributed by atoms with Crippen molar-refractivity contribution in [2.75, 3.05) is 13.2 Å². The smallest absolute Gasteiger partial charge is 0.404 e. The summed E-state index contributed by atoms with van der Waals surface area (Å²) < 4.78 is 4.49. The van der Waals surface area contributed by atoms with Gasteiger partial charge in [0.05, 0.1) is 18.3 Å². The number of fused-ring (bicyclic) bond motifs is 1. The number of H-pyrrole nitrogens is 1. The minimum Gasteiger partial charge on any atom is -0.448 e. The molecule has 4 N–H and O–H groups in total. The Bertz CT molecular complexity index is 578. The van der Waals surface area contributed by atoms with Crippen LogP contribution in [0.2, 0.25) is 0 Å². The quantitative estimate of drug-likeness (QED) is 0.679. The Morgan fingerprint density at radius 1 is 1.44 bits per heavy atom. The van der Waals surface area contributed by atoms with E-state index in [1.807, 2.05) is 0 Å². The van der Waals surface area contributed by atoms with Crippen LogP contribution >= 0.6 is 0 Å². The SMILES string of the molecule is NC(=O)OCCNC(=O)c1ccc2cn[nH]c2c1. The summed E-state index contributed by atoms with van der Waals surface area (Å²) in [5.74, 6) is -0.250. The second-order valence-corrected chi connectivity index (χ2v) is 3.60. The van der Waals surface area contributed by atoms with Gasteiger partial charge in [0, 0.05) is 10.9 Å². The maximum atomic E-state index is 11.7. The van der Waals surface area contributed by atoms with E-state index in [0.717, 1.165) is 10.9 Å². The normalized spacial score (nSPS) is 10.2. The summed E-state index contributed by atoms with van der Waals surface area (Å²) in [6.07, 6.45) is 0.820. The van der Waals surface area contributed by atoms with Crippen molar-refractivity contribution in [1.29, 1.82) is 0 Å². The lowest BCUT2D eigenvalue weighted by Gasteiger charge is -2.05. The van der Waals surface area contributed by atoms with Crippen molar-refractivity contribution in [3.05, 3.63) is 30.0 Å². The first-order valence-corrected chi connectivity index (χ1v) is 5.30. The maximum absolute atomic E-state index is 11.7. The second-order valence-electron chi connectivity index (χ2n) is 3.60. The highest BCUT2D eigenvalue weighted by atomic mass is 16.5. The summed E-state index contributed by atoms with van der Waals surface area (Å²) >= 11 is 0. The Hall–Kier alpha value is -2.57. The first-order chi connectivity index (χ1) is 8.66. The lowest BCUT2D eigenvalue weighted by atomic mass is 10.1. The minimum atomic E-state index is -0.858. The third-order valence-electron chi connectivity index (χ3n) is 2.34. The average molecular weight is 248 g/mol. The molecule has 7 nitrogen and oxygen atoms in total. The Morgan fingerprint density at radius 2 is 2.28 bits per heavy atom. The highest BCUT2D eigenvalue weighted by molar-refractivity contribution is 5.97. The van der Waals surface area contributed by atoms with Gasteiger partial charge < -0.3 is 15.8 Å². The lowest BCUT2D eigenvalue weighted by Crippen LogP contribution is -2.28. The number of nitrogens with zero attached hydrogens (tertiary/aromatic N) is 1. The number of nitrogens with one attached hydrogen (secondary N) is 2. The molecule has 1 heterocycles. The van der Waals surface area contributed by atoms with Gasteiger partial charge in [-0.05, 0) is 12.1 Å². The number of hydrogen-bond donors (Lipinski definition) is 3. The fraction of sp³-hybridized carbons (Fsp3) is 0.182. The predicted molar refractivity (Wildman–Crippen MR) is 64.0 cm³/mol. The highest BCUT2D eigenvalue weighted by Crippen LogP contribution is 2.12. The Labute approximate surface area is 102 Å². The molecule has 0 atom stereocenters. The number of aromatic amines is 1. The second kappa shape index (κ2) is 5.17. The summed E-state index contributed by atoms with van der Waals surface area (Å²) in [7, 11) is 0. The molecule has 0 aliphatic carbocycles. The molecule has 1 aromatic heterocycles. The molecular weight excluding hydrogens is 236 g/mol. The molecule has 2 aromatic rings. The molecule has 0 aliphatic heterocycles. The van der Waals surface area contributed by atoms with Gasteiger partial charge in [-0.25, -0.2) is 4.79 Å². The molecule has 0 aliphatic rings. The molecule has 7 heteroatoms. The summed E-state index contributed by atoms with van der Waals surface area (Å²) in [4.78, 5) is 22.0. The number of aromatic nitrogens is 2. The third-order valence-corrected chi connectivity index (χ3v) is 2.34. The van der Waals surface area contributed by atoms with Gasteiger partial charge >= 0.3 is 6.09 Å². The number of amides is 2. The Kier molecular flexibility index (Phi) is 3.42. The van der Waals surface area contributed by atoms with Gasteiger partial charge in [-0.2, -0.15) is 5.10 Å². The first-order valence-electron chi connectivity index (χ1n) is 5.30. The number of rotatable bonds is 4. The molecule has 0 saturated heterocycles. The number of ether oxygens (including phenoxy) is 1. The van der Waals surface area contributed by atoms with Crippen LogP contribution in [0.25, 0.3) is 10.9 Å². The Morgan fingerprint density at radius 3 is 3.06 bits per heavy atom. The Balaban J connectivity index is 1.93. The number of nitrogens with two attached hydrogens (primary N) is 1. The van der Waals surface area contributed by atoms with Gasteiger partial charge in [0.15, 0.2) is 0 Å².